The topological polar surface area (TPSA) is 126 Å². The molecule has 3 heterocycles. The molecule has 0 aliphatic carbocycles. The highest BCUT2D eigenvalue weighted by Crippen LogP contribution is 2.15. The maximum atomic E-state index is 13.3. The minimum absolute atomic E-state index is 0.0249. The SMILES string of the molecule is Cc1cc(C(=O)NCc2nc3ccc(F)cc3[nH]2)c2c(=O)[nH]c(=O)n(C)c2n1. The number of amides is 1. The average molecular weight is 382 g/mol. The number of aromatic nitrogens is 5. The molecular weight excluding hydrogens is 367 g/mol. The minimum Gasteiger partial charge on any atom is -0.345 e. The largest absolute Gasteiger partial charge is 0.345 e. The van der Waals surface area contributed by atoms with Crippen LogP contribution < -0.4 is 16.6 Å². The third-order valence-corrected chi connectivity index (χ3v) is 4.35. The Balaban J connectivity index is 1.69. The second-order valence-corrected chi connectivity index (χ2v) is 6.36. The van der Waals surface area contributed by atoms with Gasteiger partial charge < -0.3 is 10.3 Å². The molecule has 1 amide bonds. The smallest absolute Gasteiger partial charge is 0.329 e. The van der Waals surface area contributed by atoms with Crippen molar-refractivity contribution in [3.8, 4) is 0 Å². The van der Waals surface area contributed by atoms with Gasteiger partial charge in [0.25, 0.3) is 11.5 Å². The molecule has 4 rings (SSSR count). The van der Waals surface area contributed by atoms with Gasteiger partial charge in [0.05, 0.1) is 28.5 Å². The van der Waals surface area contributed by atoms with Crippen LogP contribution in [0.25, 0.3) is 22.1 Å². The molecule has 0 unspecified atom stereocenters. The van der Waals surface area contributed by atoms with E-state index in [0.29, 0.717) is 22.6 Å². The lowest BCUT2D eigenvalue weighted by molar-refractivity contribution is 0.0951. The Labute approximate surface area is 156 Å². The fourth-order valence-electron chi connectivity index (χ4n) is 3.02. The summed E-state index contributed by atoms with van der Waals surface area (Å²) >= 11 is 0. The Bertz CT molecular complexity index is 1370. The summed E-state index contributed by atoms with van der Waals surface area (Å²) in [7, 11) is 1.46. The molecule has 0 bridgehead atoms. The van der Waals surface area contributed by atoms with Crippen LogP contribution in [0.1, 0.15) is 21.9 Å². The van der Waals surface area contributed by atoms with E-state index in [4.69, 9.17) is 0 Å². The summed E-state index contributed by atoms with van der Waals surface area (Å²) in [5, 5.41) is 2.70. The van der Waals surface area contributed by atoms with Crippen molar-refractivity contribution in [2.45, 2.75) is 13.5 Å². The number of nitrogens with zero attached hydrogens (tertiary/aromatic N) is 3. The molecule has 10 heteroatoms. The molecule has 1 aromatic carbocycles. The van der Waals surface area contributed by atoms with Crippen LogP contribution >= 0.6 is 0 Å². The highest BCUT2D eigenvalue weighted by Gasteiger charge is 2.18. The molecule has 3 aromatic heterocycles. The zero-order chi connectivity index (χ0) is 20.0. The first-order valence-corrected chi connectivity index (χ1v) is 8.36. The van der Waals surface area contributed by atoms with Crippen molar-refractivity contribution in [2.24, 2.45) is 7.05 Å². The van der Waals surface area contributed by atoms with E-state index in [1.807, 2.05) is 0 Å². The number of rotatable bonds is 3. The molecule has 0 radical (unpaired) electrons. The Morgan fingerprint density at radius 3 is 2.79 bits per heavy atom. The third kappa shape index (κ3) is 2.94. The van der Waals surface area contributed by atoms with Crippen molar-refractivity contribution in [3.05, 3.63) is 68.0 Å². The van der Waals surface area contributed by atoms with Gasteiger partial charge in [-0.25, -0.2) is 19.2 Å². The van der Waals surface area contributed by atoms with Gasteiger partial charge in [-0.15, -0.1) is 0 Å². The van der Waals surface area contributed by atoms with Crippen LogP contribution in [-0.2, 0) is 13.6 Å². The Kier molecular flexibility index (Phi) is 4.03. The number of hydrogen-bond acceptors (Lipinski definition) is 5. The van der Waals surface area contributed by atoms with Crippen LogP contribution in [0, 0.1) is 12.7 Å². The predicted octanol–water partition coefficient (Wildman–Crippen LogP) is 0.876. The molecule has 0 spiro atoms. The number of imidazole rings is 1. The minimum atomic E-state index is -0.685. The van der Waals surface area contributed by atoms with Gasteiger partial charge in [0, 0.05) is 12.7 Å². The van der Waals surface area contributed by atoms with Crippen LogP contribution in [0.15, 0.2) is 33.9 Å². The van der Waals surface area contributed by atoms with E-state index in [-0.39, 0.29) is 23.1 Å². The monoisotopic (exact) mass is 382 g/mol. The lowest BCUT2D eigenvalue weighted by atomic mass is 10.1. The average Bonchev–Trinajstić information content (AvgIpc) is 3.05. The number of fused-ring (bicyclic) bond motifs is 2. The number of aryl methyl sites for hydroxylation is 2. The molecule has 9 nitrogen and oxygen atoms in total. The van der Waals surface area contributed by atoms with Gasteiger partial charge in [-0.2, -0.15) is 0 Å². The van der Waals surface area contributed by atoms with E-state index < -0.39 is 23.0 Å². The summed E-state index contributed by atoms with van der Waals surface area (Å²) in [5.74, 6) is -0.480. The second kappa shape index (κ2) is 6.41. The van der Waals surface area contributed by atoms with E-state index in [0.717, 1.165) is 0 Å². The van der Waals surface area contributed by atoms with Crippen LogP contribution in [0.4, 0.5) is 4.39 Å². The molecule has 4 aromatic rings. The summed E-state index contributed by atoms with van der Waals surface area (Å²) in [4.78, 5) is 50.4. The van der Waals surface area contributed by atoms with Crippen molar-refractivity contribution in [3.63, 3.8) is 0 Å². The number of benzene rings is 1. The van der Waals surface area contributed by atoms with Gasteiger partial charge in [0.15, 0.2) is 0 Å². The van der Waals surface area contributed by atoms with Crippen molar-refractivity contribution < 1.29 is 9.18 Å². The highest BCUT2D eigenvalue weighted by molar-refractivity contribution is 6.05. The lowest BCUT2D eigenvalue weighted by Crippen LogP contribution is -2.32. The van der Waals surface area contributed by atoms with Gasteiger partial charge in [0.2, 0.25) is 0 Å². The van der Waals surface area contributed by atoms with Crippen molar-refractivity contribution in [1.82, 2.24) is 29.8 Å². The van der Waals surface area contributed by atoms with Crippen molar-refractivity contribution in [2.75, 3.05) is 0 Å². The normalized spacial score (nSPS) is 11.2. The van der Waals surface area contributed by atoms with Gasteiger partial charge in [-0.1, -0.05) is 0 Å². The highest BCUT2D eigenvalue weighted by atomic mass is 19.1. The number of carbonyl (C=O) groups excluding carboxylic acids is 1. The molecule has 3 N–H and O–H groups in total. The first-order valence-electron chi connectivity index (χ1n) is 8.36. The molecule has 28 heavy (non-hydrogen) atoms. The fourth-order valence-corrected chi connectivity index (χ4v) is 3.02. The molecule has 142 valence electrons. The van der Waals surface area contributed by atoms with E-state index in [1.165, 1.54) is 35.9 Å². The molecule has 0 aliphatic rings. The zero-order valence-corrected chi connectivity index (χ0v) is 15.0. The maximum Gasteiger partial charge on any atom is 0.329 e. The predicted molar refractivity (Wildman–Crippen MR) is 99.6 cm³/mol. The van der Waals surface area contributed by atoms with Crippen LogP contribution in [0.3, 0.4) is 0 Å². The fraction of sp³-hybridized carbons (Fsp3) is 0.167. The van der Waals surface area contributed by atoms with Crippen molar-refractivity contribution >= 4 is 28.0 Å². The van der Waals surface area contributed by atoms with Gasteiger partial charge in [-0.3, -0.25) is 19.1 Å². The van der Waals surface area contributed by atoms with Crippen molar-refractivity contribution in [1.29, 1.82) is 0 Å². The Morgan fingerprint density at radius 2 is 2.00 bits per heavy atom. The molecule has 0 fully saturated rings. The maximum absolute atomic E-state index is 13.3. The quantitative estimate of drug-likeness (QED) is 0.485. The van der Waals surface area contributed by atoms with E-state index in [2.05, 4.69) is 25.3 Å². The molecule has 0 saturated carbocycles. The van der Waals surface area contributed by atoms with Crippen LogP contribution in [0.5, 0.6) is 0 Å². The summed E-state index contributed by atoms with van der Waals surface area (Å²) in [5.41, 5.74) is 0.492. The second-order valence-electron chi connectivity index (χ2n) is 6.36. The molecule has 0 atom stereocenters. The van der Waals surface area contributed by atoms with Gasteiger partial charge in [-0.05, 0) is 31.2 Å². The number of nitrogens with one attached hydrogen (secondary N) is 3. The number of H-pyrrole nitrogens is 2. The van der Waals surface area contributed by atoms with E-state index >= 15 is 0 Å². The lowest BCUT2D eigenvalue weighted by Gasteiger charge is -2.09. The summed E-state index contributed by atoms with van der Waals surface area (Å²) in [6.45, 7) is 1.71. The first-order chi connectivity index (χ1) is 13.3. The van der Waals surface area contributed by atoms with Gasteiger partial charge in [0.1, 0.15) is 17.3 Å². The molecular formula is C18H15FN6O3. The number of hydrogen-bond donors (Lipinski definition) is 3. The van der Waals surface area contributed by atoms with E-state index in [1.54, 1.807) is 6.92 Å². The first kappa shape index (κ1) is 17.6. The van der Waals surface area contributed by atoms with Crippen LogP contribution in [-0.4, -0.2) is 30.4 Å². The standard InChI is InChI=1S/C18H15FN6O3/c1-8-5-10(14-15(21-8)25(2)18(28)24-17(14)27)16(26)20-7-13-22-11-4-3-9(19)6-12(11)23-13/h3-6H,7H2,1-2H3,(H,20,26)(H,22,23)(H,24,27,28). The van der Waals surface area contributed by atoms with E-state index in [9.17, 15) is 18.8 Å². The molecule has 0 aliphatic heterocycles. The summed E-state index contributed by atoms with van der Waals surface area (Å²) in [6, 6.07) is 5.62. The Hall–Kier alpha value is -3.82. The number of halogens is 1. The summed E-state index contributed by atoms with van der Waals surface area (Å²) in [6.07, 6.45) is 0. The molecule has 0 saturated heterocycles. The Morgan fingerprint density at radius 1 is 1.21 bits per heavy atom. The van der Waals surface area contributed by atoms with Crippen LogP contribution in [0.2, 0.25) is 0 Å². The van der Waals surface area contributed by atoms with Gasteiger partial charge >= 0.3 is 5.69 Å². The zero-order valence-electron chi connectivity index (χ0n) is 15.0. The number of aromatic amines is 2. The number of pyridine rings is 1. The summed E-state index contributed by atoms with van der Waals surface area (Å²) < 4.78 is 14.5. The third-order valence-electron chi connectivity index (χ3n) is 4.35. The number of carbonyl (C=O) groups is 1.